The van der Waals surface area contributed by atoms with Gasteiger partial charge in [-0.2, -0.15) is 18.2 Å². The molecule has 0 aliphatic heterocycles. The quantitative estimate of drug-likeness (QED) is 0.519. The summed E-state index contributed by atoms with van der Waals surface area (Å²) in [5, 5.41) is 8.57. The summed E-state index contributed by atoms with van der Waals surface area (Å²) in [6, 6.07) is 7.50. The summed E-state index contributed by atoms with van der Waals surface area (Å²) in [6.45, 7) is 2.64. The van der Waals surface area contributed by atoms with Gasteiger partial charge in [0.15, 0.2) is 0 Å². The Morgan fingerprint density at radius 2 is 1.97 bits per heavy atom. The van der Waals surface area contributed by atoms with Gasteiger partial charge in [-0.05, 0) is 37.3 Å². The fraction of sp³-hybridized carbons (Fsp3) is 0.476. The van der Waals surface area contributed by atoms with E-state index < -0.39 is 11.7 Å². The van der Waals surface area contributed by atoms with Crippen molar-refractivity contribution in [3.63, 3.8) is 0 Å². The van der Waals surface area contributed by atoms with Gasteiger partial charge in [0.1, 0.15) is 11.4 Å². The number of nitrogens with one attached hydrogen (secondary N) is 3. The number of rotatable bonds is 9. The number of alkyl halides is 3. The molecule has 0 unspecified atom stereocenters. The Bertz CT molecular complexity index is 868. The average molecular weight is 421 g/mol. The van der Waals surface area contributed by atoms with Gasteiger partial charge in [-0.25, -0.2) is 4.98 Å². The number of nitrogens with zero attached hydrogens (tertiary/aromatic N) is 2. The number of amides is 1. The first kappa shape index (κ1) is 21.9. The van der Waals surface area contributed by atoms with Gasteiger partial charge in [-0.3, -0.25) is 4.79 Å². The fourth-order valence-corrected chi connectivity index (χ4v) is 3.18. The molecule has 0 radical (unpaired) electrons. The van der Waals surface area contributed by atoms with E-state index in [1.807, 2.05) is 31.2 Å². The molecule has 6 nitrogen and oxygen atoms in total. The highest BCUT2D eigenvalue weighted by Crippen LogP contribution is 2.34. The average Bonchev–Trinajstić information content (AvgIpc) is 2.66. The van der Waals surface area contributed by atoms with E-state index in [1.165, 1.54) is 0 Å². The molecule has 1 aliphatic carbocycles. The van der Waals surface area contributed by atoms with Crippen LogP contribution in [0.1, 0.15) is 43.7 Å². The van der Waals surface area contributed by atoms with E-state index in [9.17, 15) is 18.0 Å². The molecule has 1 saturated carbocycles. The molecule has 1 heterocycles. The minimum absolute atomic E-state index is 0.0281. The lowest BCUT2D eigenvalue weighted by molar-refractivity contribution is -0.137. The normalized spacial score (nSPS) is 14.1. The first-order valence-corrected chi connectivity index (χ1v) is 10.2. The van der Waals surface area contributed by atoms with E-state index in [0.29, 0.717) is 13.0 Å². The second kappa shape index (κ2) is 9.77. The molecular weight excluding hydrogens is 395 g/mol. The minimum atomic E-state index is -4.57. The second-order valence-corrected chi connectivity index (χ2v) is 7.29. The molecule has 3 N–H and O–H groups in total. The molecule has 0 bridgehead atoms. The zero-order valence-corrected chi connectivity index (χ0v) is 16.9. The van der Waals surface area contributed by atoms with E-state index in [0.717, 1.165) is 43.1 Å². The maximum atomic E-state index is 13.3. The van der Waals surface area contributed by atoms with Gasteiger partial charge < -0.3 is 16.0 Å². The van der Waals surface area contributed by atoms with Crippen LogP contribution in [-0.4, -0.2) is 29.0 Å². The molecule has 0 atom stereocenters. The van der Waals surface area contributed by atoms with Crippen LogP contribution in [0.15, 0.2) is 30.5 Å². The third kappa shape index (κ3) is 5.61. The summed E-state index contributed by atoms with van der Waals surface area (Å²) >= 11 is 0. The van der Waals surface area contributed by atoms with Crippen LogP contribution in [0.2, 0.25) is 0 Å². The molecule has 0 saturated heterocycles. The monoisotopic (exact) mass is 421 g/mol. The zero-order valence-electron chi connectivity index (χ0n) is 16.9. The number of benzene rings is 1. The zero-order chi connectivity index (χ0) is 21.6. The molecule has 162 valence electrons. The van der Waals surface area contributed by atoms with Crippen LogP contribution in [-0.2, 0) is 17.4 Å². The molecule has 1 amide bonds. The van der Waals surface area contributed by atoms with Crippen molar-refractivity contribution in [2.45, 2.75) is 45.2 Å². The van der Waals surface area contributed by atoms with Crippen molar-refractivity contribution in [1.82, 2.24) is 15.3 Å². The molecule has 1 aromatic heterocycles. The third-order valence-electron chi connectivity index (χ3n) is 5.16. The predicted octanol–water partition coefficient (Wildman–Crippen LogP) is 4.52. The number of carbonyl (C=O) groups excluding carboxylic acids is 1. The van der Waals surface area contributed by atoms with Crippen LogP contribution in [0.3, 0.4) is 0 Å². The van der Waals surface area contributed by atoms with Gasteiger partial charge in [-0.1, -0.05) is 31.5 Å². The number of halogens is 3. The predicted molar refractivity (Wildman–Crippen MR) is 110 cm³/mol. The lowest BCUT2D eigenvalue weighted by atomic mass is 9.85. The van der Waals surface area contributed by atoms with Crippen LogP contribution in [0.25, 0.3) is 0 Å². The van der Waals surface area contributed by atoms with Crippen LogP contribution >= 0.6 is 0 Å². The lowest BCUT2D eigenvalue weighted by Gasteiger charge is -2.24. The minimum Gasteiger partial charge on any atom is -0.369 e. The van der Waals surface area contributed by atoms with Gasteiger partial charge >= 0.3 is 6.18 Å². The Morgan fingerprint density at radius 3 is 2.63 bits per heavy atom. The maximum absolute atomic E-state index is 13.3. The SMILES string of the molecule is CCc1ccccc1Nc1ncc(C(F)(F)F)c(NCCCNC(=O)C2CCC2)n1. The van der Waals surface area contributed by atoms with Gasteiger partial charge in [0.05, 0.1) is 0 Å². The maximum Gasteiger partial charge on any atom is 0.421 e. The largest absolute Gasteiger partial charge is 0.421 e. The number of hydrogen-bond donors (Lipinski definition) is 3. The first-order chi connectivity index (χ1) is 14.4. The van der Waals surface area contributed by atoms with Crippen molar-refractivity contribution in [2.75, 3.05) is 23.7 Å². The highest BCUT2D eigenvalue weighted by molar-refractivity contribution is 5.79. The van der Waals surface area contributed by atoms with E-state index in [2.05, 4.69) is 25.9 Å². The molecule has 9 heteroatoms. The number of anilines is 3. The summed E-state index contributed by atoms with van der Waals surface area (Å²) < 4.78 is 40.0. The number of aromatic nitrogens is 2. The molecule has 2 aromatic rings. The summed E-state index contributed by atoms with van der Waals surface area (Å²) in [4.78, 5) is 19.7. The third-order valence-corrected chi connectivity index (χ3v) is 5.16. The van der Waals surface area contributed by atoms with Crippen LogP contribution < -0.4 is 16.0 Å². The van der Waals surface area contributed by atoms with Crippen LogP contribution in [0, 0.1) is 5.92 Å². The Morgan fingerprint density at radius 1 is 1.20 bits per heavy atom. The molecule has 3 rings (SSSR count). The molecule has 0 spiro atoms. The van der Waals surface area contributed by atoms with Crippen molar-refractivity contribution in [3.05, 3.63) is 41.6 Å². The van der Waals surface area contributed by atoms with Gasteiger partial charge in [0.2, 0.25) is 11.9 Å². The molecule has 1 aliphatic rings. The van der Waals surface area contributed by atoms with E-state index in [4.69, 9.17) is 0 Å². The van der Waals surface area contributed by atoms with Crippen LogP contribution in [0.5, 0.6) is 0 Å². The van der Waals surface area contributed by atoms with Crippen molar-refractivity contribution >= 4 is 23.4 Å². The van der Waals surface area contributed by atoms with Gasteiger partial charge in [-0.15, -0.1) is 0 Å². The standard InChI is InChI=1S/C21H26F3N5O/c1-2-14-7-3-4-10-17(14)28-20-27-13-16(21(22,23)24)18(29-20)25-11-6-12-26-19(30)15-8-5-9-15/h3-4,7,10,13,15H,2,5-6,8-9,11-12H2,1H3,(H,26,30)(H2,25,27,28,29). The lowest BCUT2D eigenvalue weighted by Crippen LogP contribution is -2.35. The molecule has 30 heavy (non-hydrogen) atoms. The topological polar surface area (TPSA) is 78.9 Å². The number of para-hydroxylation sites is 1. The Balaban J connectivity index is 1.63. The summed E-state index contributed by atoms with van der Waals surface area (Å²) in [6.07, 6.45) is 0.369. The van der Waals surface area contributed by atoms with Crippen molar-refractivity contribution in [2.24, 2.45) is 5.92 Å². The van der Waals surface area contributed by atoms with Gasteiger partial charge in [0, 0.05) is 30.9 Å². The number of aryl methyl sites for hydroxylation is 1. The Labute approximate surface area is 173 Å². The molecule has 1 aromatic carbocycles. The van der Waals surface area contributed by atoms with Crippen molar-refractivity contribution in [1.29, 1.82) is 0 Å². The van der Waals surface area contributed by atoms with E-state index in [-0.39, 0.29) is 30.1 Å². The smallest absolute Gasteiger partial charge is 0.369 e. The highest BCUT2D eigenvalue weighted by Gasteiger charge is 2.35. The number of carbonyl (C=O) groups is 1. The first-order valence-electron chi connectivity index (χ1n) is 10.2. The summed E-state index contributed by atoms with van der Waals surface area (Å²) in [5.41, 5.74) is 0.845. The fourth-order valence-electron chi connectivity index (χ4n) is 3.18. The summed E-state index contributed by atoms with van der Waals surface area (Å²) in [7, 11) is 0. The molecular formula is C21H26F3N5O. The Hall–Kier alpha value is -2.84. The second-order valence-electron chi connectivity index (χ2n) is 7.29. The van der Waals surface area contributed by atoms with Crippen LogP contribution in [0.4, 0.5) is 30.6 Å². The summed E-state index contributed by atoms with van der Waals surface area (Å²) in [5.74, 6) is -0.0689. The van der Waals surface area contributed by atoms with Crippen molar-refractivity contribution < 1.29 is 18.0 Å². The highest BCUT2D eigenvalue weighted by atomic mass is 19.4. The van der Waals surface area contributed by atoms with E-state index in [1.54, 1.807) is 0 Å². The van der Waals surface area contributed by atoms with Gasteiger partial charge in [0.25, 0.3) is 0 Å². The molecule has 1 fully saturated rings. The Kier molecular flexibility index (Phi) is 7.12. The van der Waals surface area contributed by atoms with Crippen molar-refractivity contribution in [3.8, 4) is 0 Å². The van der Waals surface area contributed by atoms with E-state index >= 15 is 0 Å². The number of hydrogen-bond acceptors (Lipinski definition) is 5.